The third kappa shape index (κ3) is 1.87. The van der Waals surface area contributed by atoms with Gasteiger partial charge in [-0.3, -0.25) is 14.5 Å². The molecule has 6 fully saturated rings. The van der Waals surface area contributed by atoms with Crippen LogP contribution >= 0.6 is 0 Å². The van der Waals surface area contributed by atoms with Crippen molar-refractivity contribution >= 4 is 11.8 Å². The van der Waals surface area contributed by atoms with Crippen LogP contribution < -0.4 is 0 Å². The lowest BCUT2D eigenvalue weighted by Gasteiger charge is -2.59. The van der Waals surface area contributed by atoms with Gasteiger partial charge in [0.05, 0.1) is 23.5 Å². The zero-order valence-electron chi connectivity index (χ0n) is 14.0. The molecular formula is C19H27NO3. The summed E-state index contributed by atoms with van der Waals surface area (Å²) in [4.78, 5) is 28.2. The highest BCUT2D eigenvalue weighted by atomic mass is 16.5. The van der Waals surface area contributed by atoms with Crippen LogP contribution in [0.4, 0.5) is 0 Å². The van der Waals surface area contributed by atoms with E-state index in [0.29, 0.717) is 0 Å². The summed E-state index contributed by atoms with van der Waals surface area (Å²) in [6.45, 7) is 0. The van der Waals surface area contributed by atoms with Crippen molar-refractivity contribution in [3.63, 3.8) is 0 Å². The summed E-state index contributed by atoms with van der Waals surface area (Å²) < 4.78 is 5.59. The van der Waals surface area contributed by atoms with Crippen LogP contribution in [0.5, 0.6) is 0 Å². The Labute approximate surface area is 137 Å². The Kier molecular flexibility index (Phi) is 3.02. The average Bonchev–Trinajstić information content (AvgIpc) is 2.78. The molecule has 23 heavy (non-hydrogen) atoms. The smallest absolute Gasteiger partial charge is 0.236 e. The minimum absolute atomic E-state index is 0.0517. The Morgan fingerprint density at radius 1 is 0.957 bits per heavy atom. The number of carbonyl (C=O) groups is 2. The number of carbonyl (C=O) groups excluding carboxylic acids is 2. The highest BCUT2D eigenvalue weighted by molar-refractivity contribution is 6.06. The first-order chi connectivity index (χ1) is 11.1. The Balaban J connectivity index is 1.51. The minimum atomic E-state index is -0.200. The van der Waals surface area contributed by atoms with Crippen molar-refractivity contribution in [2.24, 2.45) is 29.6 Å². The van der Waals surface area contributed by atoms with Crippen LogP contribution in [0, 0.1) is 29.6 Å². The summed E-state index contributed by atoms with van der Waals surface area (Å²) >= 11 is 0. The van der Waals surface area contributed by atoms with Gasteiger partial charge in [0, 0.05) is 7.11 Å². The second-order valence-electron chi connectivity index (χ2n) is 8.99. The van der Waals surface area contributed by atoms with E-state index in [4.69, 9.17) is 4.74 Å². The van der Waals surface area contributed by atoms with Crippen LogP contribution in [-0.4, -0.2) is 35.5 Å². The Morgan fingerprint density at radius 2 is 1.57 bits per heavy atom. The molecule has 6 rings (SSSR count). The van der Waals surface area contributed by atoms with Crippen molar-refractivity contribution in [1.82, 2.24) is 4.90 Å². The number of hydrogen-bond donors (Lipinski definition) is 0. The van der Waals surface area contributed by atoms with Gasteiger partial charge in [-0.1, -0.05) is 6.42 Å². The van der Waals surface area contributed by atoms with Crippen molar-refractivity contribution in [2.75, 3.05) is 7.11 Å². The second kappa shape index (κ2) is 4.81. The number of nitrogens with zero attached hydrogens (tertiary/aromatic N) is 1. The van der Waals surface area contributed by atoms with Gasteiger partial charge >= 0.3 is 0 Å². The number of imide groups is 1. The molecule has 126 valence electrons. The third-order valence-electron chi connectivity index (χ3n) is 7.66. The highest BCUT2D eigenvalue weighted by Crippen LogP contribution is 2.59. The van der Waals surface area contributed by atoms with Crippen molar-refractivity contribution in [3.05, 3.63) is 0 Å². The van der Waals surface area contributed by atoms with Gasteiger partial charge in [-0.15, -0.1) is 0 Å². The topological polar surface area (TPSA) is 46.6 Å². The van der Waals surface area contributed by atoms with E-state index in [-0.39, 0.29) is 35.3 Å². The summed E-state index contributed by atoms with van der Waals surface area (Å²) in [5.41, 5.74) is -0.126. The lowest BCUT2D eigenvalue weighted by Crippen LogP contribution is -2.62. The Morgan fingerprint density at radius 3 is 2.13 bits per heavy atom. The first-order valence-electron chi connectivity index (χ1n) is 9.52. The largest absolute Gasteiger partial charge is 0.381 e. The molecule has 0 spiro atoms. The van der Waals surface area contributed by atoms with Crippen molar-refractivity contribution < 1.29 is 14.3 Å². The predicted octanol–water partition coefficient (Wildman–Crippen LogP) is 2.76. The van der Waals surface area contributed by atoms with Gasteiger partial charge in [-0.2, -0.15) is 0 Å². The third-order valence-corrected chi connectivity index (χ3v) is 7.66. The molecule has 1 aliphatic heterocycles. The maximum absolute atomic E-state index is 13.3. The number of hydrogen-bond acceptors (Lipinski definition) is 3. The van der Waals surface area contributed by atoms with Crippen LogP contribution in [0.2, 0.25) is 0 Å². The standard InChI is InChI=1S/C19H27NO3/c1-23-15-4-2-3-14-16(15)18(22)20(17(14)21)19-8-11-5-12(9-19)7-13(6-11)10-19/h11-16H,2-10H2,1H3. The molecule has 4 nitrogen and oxygen atoms in total. The van der Waals surface area contributed by atoms with E-state index in [0.717, 1.165) is 56.3 Å². The zero-order chi connectivity index (χ0) is 15.8. The number of ether oxygens (including phenoxy) is 1. The molecule has 5 aliphatic carbocycles. The fourth-order valence-corrected chi connectivity index (χ4v) is 7.26. The SMILES string of the molecule is COC1CCCC2C(=O)N(C34CC5CC(CC(C5)C3)C4)C(=O)C12. The van der Waals surface area contributed by atoms with Crippen LogP contribution in [0.25, 0.3) is 0 Å². The molecule has 4 heteroatoms. The van der Waals surface area contributed by atoms with E-state index in [1.54, 1.807) is 12.0 Å². The highest BCUT2D eigenvalue weighted by Gasteiger charge is 2.62. The lowest BCUT2D eigenvalue weighted by molar-refractivity contribution is -0.160. The molecule has 4 bridgehead atoms. The quantitative estimate of drug-likeness (QED) is 0.736. The molecule has 1 heterocycles. The summed E-state index contributed by atoms with van der Waals surface area (Å²) in [7, 11) is 1.69. The van der Waals surface area contributed by atoms with Gasteiger partial charge in [0.15, 0.2) is 0 Å². The van der Waals surface area contributed by atoms with E-state index in [1.165, 1.54) is 19.3 Å². The van der Waals surface area contributed by atoms with E-state index in [9.17, 15) is 9.59 Å². The van der Waals surface area contributed by atoms with E-state index >= 15 is 0 Å². The first kappa shape index (κ1) is 14.4. The average molecular weight is 317 g/mol. The number of likely N-dealkylation sites (tertiary alicyclic amines) is 1. The van der Waals surface area contributed by atoms with E-state index < -0.39 is 0 Å². The Bertz CT molecular complexity index is 522. The van der Waals surface area contributed by atoms with Gasteiger partial charge in [0.25, 0.3) is 0 Å². The summed E-state index contributed by atoms with van der Waals surface area (Å²) in [5, 5.41) is 0. The number of rotatable bonds is 2. The fraction of sp³-hybridized carbons (Fsp3) is 0.895. The van der Waals surface area contributed by atoms with Crippen molar-refractivity contribution in [1.29, 1.82) is 0 Å². The molecule has 0 N–H and O–H groups in total. The van der Waals surface area contributed by atoms with Crippen LogP contribution in [0.3, 0.4) is 0 Å². The predicted molar refractivity (Wildman–Crippen MR) is 84.4 cm³/mol. The van der Waals surface area contributed by atoms with Gasteiger partial charge in [-0.05, 0) is 69.1 Å². The molecule has 3 atom stereocenters. The Hall–Kier alpha value is -0.900. The van der Waals surface area contributed by atoms with Gasteiger partial charge < -0.3 is 4.74 Å². The van der Waals surface area contributed by atoms with E-state index in [2.05, 4.69) is 0 Å². The maximum atomic E-state index is 13.3. The second-order valence-corrected chi connectivity index (χ2v) is 8.99. The normalized spacial score (nSPS) is 51.4. The summed E-state index contributed by atoms with van der Waals surface area (Å²) in [6, 6.07) is 0. The molecule has 2 amide bonds. The van der Waals surface area contributed by atoms with Crippen LogP contribution in [0.15, 0.2) is 0 Å². The van der Waals surface area contributed by atoms with Gasteiger partial charge in [-0.25, -0.2) is 0 Å². The molecule has 0 aromatic rings. The van der Waals surface area contributed by atoms with Gasteiger partial charge in [0.2, 0.25) is 11.8 Å². The maximum Gasteiger partial charge on any atom is 0.236 e. The molecule has 6 aliphatic rings. The molecule has 5 saturated carbocycles. The van der Waals surface area contributed by atoms with Gasteiger partial charge in [0.1, 0.15) is 0 Å². The van der Waals surface area contributed by atoms with E-state index in [1.807, 2.05) is 0 Å². The van der Waals surface area contributed by atoms with Crippen LogP contribution in [0.1, 0.15) is 57.8 Å². The minimum Gasteiger partial charge on any atom is -0.381 e. The lowest BCUT2D eigenvalue weighted by atomic mass is 9.52. The zero-order valence-corrected chi connectivity index (χ0v) is 14.0. The molecule has 1 saturated heterocycles. The summed E-state index contributed by atoms with van der Waals surface area (Å²) in [6.07, 6.45) is 9.99. The molecule has 0 aromatic heterocycles. The van der Waals surface area contributed by atoms with Crippen molar-refractivity contribution in [2.45, 2.75) is 69.4 Å². The number of amides is 2. The molecule has 0 aromatic carbocycles. The number of fused-ring (bicyclic) bond motifs is 1. The monoisotopic (exact) mass is 317 g/mol. The van der Waals surface area contributed by atoms with Crippen molar-refractivity contribution in [3.8, 4) is 0 Å². The fourth-order valence-electron chi connectivity index (χ4n) is 7.26. The molecular weight excluding hydrogens is 290 g/mol. The van der Waals surface area contributed by atoms with Crippen LogP contribution in [-0.2, 0) is 14.3 Å². The summed E-state index contributed by atoms with van der Waals surface area (Å²) in [5.74, 6) is 2.20. The molecule has 0 radical (unpaired) electrons. The number of methoxy groups -OCH3 is 1. The molecule has 3 unspecified atom stereocenters. The first-order valence-corrected chi connectivity index (χ1v) is 9.52.